The maximum Gasteiger partial charge on any atom is 0.241 e. The van der Waals surface area contributed by atoms with E-state index >= 15 is 0 Å². The molecule has 3 aromatic rings. The van der Waals surface area contributed by atoms with E-state index in [-0.39, 0.29) is 17.0 Å². The fourth-order valence-electron chi connectivity index (χ4n) is 2.82. The number of nitriles is 1. The molecule has 0 atom stereocenters. The normalized spacial score (nSPS) is 11.5. The number of benzene rings is 2. The molecule has 0 aliphatic rings. The lowest BCUT2D eigenvalue weighted by molar-refractivity contribution is 0.581. The van der Waals surface area contributed by atoms with Crippen molar-refractivity contribution in [2.24, 2.45) is 7.05 Å². The van der Waals surface area contributed by atoms with Crippen LogP contribution >= 0.6 is 0 Å². The lowest BCUT2D eigenvalue weighted by atomic mass is 10.1. The van der Waals surface area contributed by atoms with Crippen molar-refractivity contribution in [1.29, 1.82) is 5.26 Å². The number of hydrogen-bond acceptors (Lipinski definition) is 3. The highest BCUT2D eigenvalue weighted by atomic mass is 32.2. The first-order valence-electron chi connectivity index (χ1n) is 7.54. The molecule has 1 aromatic heterocycles. The molecule has 2 aromatic carbocycles. The van der Waals surface area contributed by atoms with Gasteiger partial charge in [-0.3, -0.25) is 0 Å². The molecule has 5 nitrogen and oxygen atoms in total. The Bertz CT molecular complexity index is 1030. The molecule has 1 N–H and O–H groups in total. The Morgan fingerprint density at radius 2 is 1.83 bits per heavy atom. The second-order valence-corrected chi connectivity index (χ2v) is 7.27. The highest BCUT2D eigenvalue weighted by Gasteiger charge is 2.17. The van der Waals surface area contributed by atoms with E-state index in [0.29, 0.717) is 6.42 Å². The van der Waals surface area contributed by atoms with Gasteiger partial charge in [-0.15, -0.1) is 0 Å². The lowest BCUT2D eigenvalue weighted by Crippen LogP contribution is -2.26. The number of para-hydroxylation sites is 1. The lowest BCUT2D eigenvalue weighted by Gasteiger charge is -2.07. The van der Waals surface area contributed by atoms with Crippen LogP contribution in [-0.4, -0.2) is 19.5 Å². The van der Waals surface area contributed by atoms with Crippen LogP contribution in [0.15, 0.2) is 59.6 Å². The SMILES string of the molecule is Cn1cc(CCNS(=O)(=O)c2ccccc2C#N)c2ccccc21. The van der Waals surface area contributed by atoms with Gasteiger partial charge in [0.05, 0.1) is 10.5 Å². The van der Waals surface area contributed by atoms with Crippen LogP contribution in [0.2, 0.25) is 0 Å². The summed E-state index contributed by atoms with van der Waals surface area (Å²) in [6, 6.07) is 16.1. The molecule has 24 heavy (non-hydrogen) atoms. The molecule has 0 spiro atoms. The van der Waals surface area contributed by atoms with Crippen LogP contribution in [0.3, 0.4) is 0 Å². The molecule has 0 amide bonds. The van der Waals surface area contributed by atoms with E-state index in [4.69, 9.17) is 5.26 Å². The molecule has 3 rings (SSSR count). The van der Waals surface area contributed by atoms with E-state index < -0.39 is 10.0 Å². The first kappa shape index (κ1) is 16.2. The third-order valence-electron chi connectivity index (χ3n) is 3.96. The molecular weight excluding hydrogens is 322 g/mol. The van der Waals surface area contributed by atoms with Gasteiger partial charge in [0, 0.05) is 30.7 Å². The molecule has 1 heterocycles. The van der Waals surface area contributed by atoms with Crippen LogP contribution in [0.5, 0.6) is 0 Å². The Hall–Kier alpha value is -2.62. The summed E-state index contributed by atoms with van der Waals surface area (Å²) in [6.45, 7) is 0.274. The third kappa shape index (κ3) is 3.04. The second-order valence-electron chi connectivity index (χ2n) is 5.54. The summed E-state index contributed by atoms with van der Waals surface area (Å²) in [4.78, 5) is 0.0189. The Kier molecular flexibility index (Phi) is 4.38. The molecule has 122 valence electrons. The first-order chi connectivity index (χ1) is 11.5. The number of hydrogen-bond donors (Lipinski definition) is 1. The Morgan fingerprint density at radius 1 is 1.12 bits per heavy atom. The van der Waals surface area contributed by atoms with Crippen molar-refractivity contribution in [2.45, 2.75) is 11.3 Å². The van der Waals surface area contributed by atoms with E-state index in [1.165, 1.54) is 12.1 Å². The van der Waals surface area contributed by atoms with Gasteiger partial charge in [0.1, 0.15) is 6.07 Å². The van der Waals surface area contributed by atoms with Crippen LogP contribution in [0.4, 0.5) is 0 Å². The summed E-state index contributed by atoms with van der Waals surface area (Å²) in [6.07, 6.45) is 2.59. The van der Waals surface area contributed by atoms with Crippen molar-refractivity contribution in [3.05, 3.63) is 65.9 Å². The van der Waals surface area contributed by atoms with Crippen LogP contribution < -0.4 is 4.72 Å². The van der Waals surface area contributed by atoms with Crippen molar-refractivity contribution in [2.75, 3.05) is 6.54 Å². The summed E-state index contributed by atoms with van der Waals surface area (Å²) in [5.41, 5.74) is 2.35. The van der Waals surface area contributed by atoms with Gasteiger partial charge < -0.3 is 4.57 Å². The fourth-order valence-corrected chi connectivity index (χ4v) is 4.00. The molecule has 0 bridgehead atoms. The molecule has 0 saturated heterocycles. The minimum Gasteiger partial charge on any atom is -0.350 e. The van der Waals surface area contributed by atoms with E-state index in [1.807, 2.05) is 48.1 Å². The summed E-state index contributed by atoms with van der Waals surface area (Å²) in [5.74, 6) is 0. The molecular formula is C18H17N3O2S. The van der Waals surface area contributed by atoms with Crippen molar-refractivity contribution < 1.29 is 8.42 Å². The maximum atomic E-state index is 12.4. The number of aromatic nitrogens is 1. The Morgan fingerprint density at radius 3 is 2.62 bits per heavy atom. The number of nitrogens with one attached hydrogen (secondary N) is 1. The molecule has 0 fully saturated rings. The van der Waals surface area contributed by atoms with Crippen molar-refractivity contribution in [1.82, 2.24) is 9.29 Å². The first-order valence-corrected chi connectivity index (χ1v) is 9.03. The standard InChI is InChI=1S/C18H17N3O2S/c1-21-13-15(16-7-3-4-8-17(16)21)10-11-20-24(22,23)18-9-5-2-6-14(18)12-19/h2-9,13,20H,10-11H2,1H3. The van der Waals surface area contributed by atoms with Crippen molar-refractivity contribution >= 4 is 20.9 Å². The van der Waals surface area contributed by atoms with E-state index in [9.17, 15) is 8.42 Å². The van der Waals surface area contributed by atoms with E-state index in [1.54, 1.807) is 12.1 Å². The number of sulfonamides is 1. The zero-order valence-corrected chi connectivity index (χ0v) is 14.0. The third-order valence-corrected chi connectivity index (χ3v) is 5.48. The molecule has 0 radical (unpaired) electrons. The Balaban J connectivity index is 1.77. The van der Waals surface area contributed by atoms with Crippen LogP contribution in [-0.2, 0) is 23.5 Å². The van der Waals surface area contributed by atoms with Crippen LogP contribution in [0.25, 0.3) is 10.9 Å². The minimum absolute atomic E-state index is 0.0189. The van der Waals surface area contributed by atoms with Crippen molar-refractivity contribution in [3.8, 4) is 6.07 Å². The highest BCUT2D eigenvalue weighted by Crippen LogP contribution is 2.20. The zero-order chi connectivity index (χ0) is 17.2. The topological polar surface area (TPSA) is 74.9 Å². The number of aryl methyl sites for hydroxylation is 1. The summed E-state index contributed by atoms with van der Waals surface area (Å²) < 4.78 is 29.4. The van der Waals surface area contributed by atoms with E-state index in [0.717, 1.165) is 16.5 Å². The average Bonchev–Trinajstić information content (AvgIpc) is 2.91. The Labute approximate surface area is 141 Å². The molecule has 0 aliphatic carbocycles. The van der Waals surface area contributed by atoms with Crippen LogP contribution in [0.1, 0.15) is 11.1 Å². The summed E-state index contributed by atoms with van der Waals surface area (Å²) in [7, 11) is -1.73. The molecule has 0 unspecified atom stereocenters. The molecule has 0 aliphatic heterocycles. The summed E-state index contributed by atoms with van der Waals surface area (Å²) >= 11 is 0. The van der Waals surface area contributed by atoms with Gasteiger partial charge in [-0.2, -0.15) is 5.26 Å². The van der Waals surface area contributed by atoms with Gasteiger partial charge in [-0.05, 0) is 30.2 Å². The quantitative estimate of drug-likeness (QED) is 0.776. The zero-order valence-electron chi connectivity index (χ0n) is 13.2. The fraction of sp³-hybridized carbons (Fsp3) is 0.167. The van der Waals surface area contributed by atoms with Gasteiger partial charge in [0.15, 0.2) is 0 Å². The van der Waals surface area contributed by atoms with Crippen molar-refractivity contribution in [3.63, 3.8) is 0 Å². The van der Waals surface area contributed by atoms with Gasteiger partial charge in [0.2, 0.25) is 10.0 Å². The second kappa shape index (κ2) is 6.48. The highest BCUT2D eigenvalue weighted by molar-refractivity contribution is 7.89. The predicted molar refractivity (Wildman–Crippen MR) is 93.0 cm³/mol. The number of rotatable bonds is 5. The summed E-state index contributed by atoms with van der Waals surface area (Å²) in [5, 5.41) is 10.2. The van der Waals surface area contributed by atoms with Gasteiger partial charge in [-0.1, -0.05) is 30.3 Å². The minimum atomic E-state index is -3.70. The predicted octanol–water partition coefficient (Wildman–Crippen LogP) is 2.57. The number of nitrogens with zero attached hydrogens (tertiary/aromatic N) is 2. The number of fused-ring (bicyclic) bond motifs is 1. The maximum absolute atomic E-state index is 12.4. The monoisotopic (exact) mass is 339 g/mol. The largest absolute Gasteiger partial charge is 0.350 e. The molecule has 6 heteroatoms. The van der Waals surface area contributed by atoms with Crippen LogP contribution in [0, 0.1) is 11.3 Å². The van der Waals surface area contributed by atoms with Gasteiger partial charge >= 0.3 is 0 Å². The van der Waals surface area contributed by atoms with Gasteiger partial charge in [-0.25, -0.2) is 13.1 Å². The van der Waals surface area contributed by atoms with Gasteiger partial charge in [0.25, 0.3) is 0 Å². The average molecular weight is 339 g/mol. The smallest absolute Gasteiger partial charge is 0.241 e. The molecule has 0 saturated carbocycles. The van der Waals surface area contributed by atoms with E-state index in [2.05, 4.69) is 4.72 Å².